The SMILES string of the molecule is C=CC(=O)NC1CC(C)N(S(=O)(=O)c2ccc(Nc3cc4ccccc4cn3)cc2)C(C)C1. The average Bonchev–Trinajstić information content (AvgIpc) is 2.78. The van der Waals surface area contributed by atoms with Crippen molar-refractivity contribution in [2.75, 3.05) is 5.32 Å². The maximum atomic E-state index is 13.4. The topological polar surface area (TPSA) is 91.4 Å². The Labute approximate surface area is 194 Å². The van der Waals surface area contributed by atoms with Crippen molar-refractivity contribution in [3.05, 3.63) is 73.4 Å². The lowest BCUT2D eigenvalue weighted by Gasteiger charge is -2.41. The number of nitrogens with zero attached hydrogens (tertiary/aromatic N) is 2. The number of rotatable bonds is 6. The molecule has 2 heterocycles. The zero-order valence-electron chi connectivity index (χ0n) is 18.7. The van der Waals surface area contributed by atoms with Gasteiger partial charge in [0, 0.05) is 35.4 Å². The number of amides is 1. The lowest BCUT2D eigenvalue weighted by Crippen LogP contribution is -2.54. The van der Waals surface area contributed by atoms with Gasteiger partial charge in [-0.05, 0) is 68.5 Å². The summed E-state index contributed by atoms with van der Waals surface area (Å²) >= 11 is 0. The second kappa shape index (κ2) is 9.33. The van der Waals surface area contributed by atoms with Gasteiger partial charge in [-0.15, -0.1) is 0 Å². The first-order valence-corrected chi connectivity index (χ1v) is 12.4. The van der Waals surface area contributed by atoms with Crippen molar-refractivity contribution in [1.29, 1.82) is 0 Å². The third-order valence-corrected chi connectivity index (χ3v) is 8.13. The molecule has 1 amide bonds. The Bertz CT molecular complexity index is 1260. The molecule has 4 rings (SSSR count). The van der Waals surface area contributed by atoms with Crippen molar-refractivity contribution in [1.82, 2.24) is 14.6 Å². The van der Waals surface area contributed by atoms with Crippen LogP contribution in [0.4, 0.5) is 11.5 Å². The molecule has 1 fully saturated rings. The number of anilines is 2. The molecular weight excluding hydrogens is 436 g/mol. The number of sulfonamides is 1. The monoisotopic (exact) mass is 464 g/mol. The molecule has 1 aromatic heterocycles. The maximum absolute atomic E-state index is 13.4. The fourth-order valence-corrected chi connectivity index (χ4v) is 6.39. The first-order valence-electron chi connectivity index (χ1n) is 11.0. The van der Waals surface area contributed by atoms with E-state index in [4.69, 9.17) is 0 Å². The lowest BCUT2D eigenvalue weighted by molar-refractivity contribution is -0.117. The van der Waals surface area contributed by atoms with Gasteiger partial charge in [0.15, 0.2) is 0 Å². The highest BCUT2D eigenvalue weighted by molar-refractivity contribution is 7.89. The highest BCUT2D eigenvalue weighted by Crippen LogP contribution is 2.31. The number of piperidine rings is 1. The highest BCUT2D eigenvalue weighted by atomic mass is 32.2. The Morgan fingerprint density at radius 2 is 1.70 bits per heavy atom. The molecule has 2 aromatic carbocycles. The zero-order chi connectivity index (χ0) is 23.6. The number of pyridine rings is 1. The van der Waals surface area contributed by atoms with Crippen molar-refractivity contribution < 1.29 is 13.2 Å². The van der Waals surface area contributed by atoms with Gasteiger partial charge in [-0.3, -0.25) is 4.79 Å². The van der Waals surface area contributed by atoms with E-state index in [0.717, 1.165) is 16.5 Å². The van der Waals surface area contributed by atoms with Crippen LogP contribution in [0.2, 0.25) is 0 Å². The van der Waals surface area contributed by atoms with Crippen LogP contribution in [0.5, 0.6) is 0 Å². The van der Waals surface area contributed by atoms with Crippen LogP contribution >= 0.6 is 0 Å². The molecule has 0 spiro atoms. The van der Waals surface area contributed by atoms with E-state index in [1.165, 1.54) is 6.08 Å². The molecule has 1 aliphatic heterocycles. The van der Waals surface area contributed by atoms with Crippen molar-refractivity contribution in [2.24, 2.45) is 0 Å². The number of aromatic nitrogens is 1. The zero-order valence-corrected chi connectivity index (χ0v) is 19.5. The maximum Gasteiger partial charge on any atom is 0.243 e. The normalized spacial score (nSPS) is 21.5. The number of hydrogen-bond acceptors (Lipinski definition) is 5. The molecule has 1 aliphatic rings. The van der Waals surface area contributed by atoms with Crippen molar-refractivity contribution in [3.63, 3.8) is 0 Å². The van der Waals surface area contributed by atoms with E-state index in [1.54, 1.807) is 34.8 Å². The fourth-order valence-electron chi connectivity index (χ4n) is 4.55. The number of carbonyl (C=O) groups excluding carboxylic acids is 1. The van der Waals surface area contributed by atoms with E-state index in [0.29, 0.717) is 18.7 Å². The average molecular weight is 465 g/mol. The molecule has 2 N–H and O–H groups in total. The van der Waals surface area contributed by atoms with Crippen LogP contribution in [0.1, 0.15) is 26.7 Å². The van der Waals surface area contributed by atoms with Crippen LogP contribution in [0.3, 0.4) is 0 Å². The van der Waals surface area contributed by atoms with Crippen LogP contribution in [-0.2, 0) is 14.8 Å². The van der Waals surface area contributed by atoms with Gasteiger partial charge in [-0.1, -0.05) is 30.8 Å². The quantitative estimate of drug-likeness (QED) is 0.533. The Balaban J connectivity index is 1.49. The molecule has 0 aliphatic carbocycles. The largest absolute Gasteiger partial charge is 0.350 e. The molecule has 1 saturated heterocycles. The molecule has 3 aromatic rings. The summed E-state index contributed by atoms with van der Waals surface area (Å²) in [5.41, 5.74) is 0.753. The van der Waals surface area contributed by atoms with Gasteiger partial charge in [-0.25, -0.2) is 13.4 Å². The first kappa shape index (κ1) is 22.9. The predicted molar refractivity (Wildman–Crippen MR) is 131 cm³/mol. The van der Waals surface area contributed by atoms with Gasteiger partial charge in [0.25, 0.3) is 0 Å². The van der Waals surface area contributed by atoms with E-state index in [-0.39, 0.29) is 28.9 Å². The van der Waals surface area contributed by atoms with E-state index < -0.39 is 10.0 Å². The van der Waals surface area contributed by atoms with Gasteiger partial charge < -0.3 is 10.6 Å². The third kappa shape index (κ3) is 4.91. The molecule has 7 nitrogen and oxygen atoms in total. The third-order valence-electron chi connectivity index (χ3n) is 5.98. The van der Waals surface area contributed by atoms with Gasteiger partial charge in [-0.2, -0.15) is 4.31 Å². The number of hydrogen-bond donors (Lipinski definition) is 2. The summed E-state index contributed by atoms with van der Waals surface area (Å²) in [4.78, 5) is 16.3. The summed E-state index contributed by atoms with van der Waals surface area (Å²) in [5, 5.41) is 8.25. The molecular formula is C25H28N4O3S. The fraction of sp³-hybridized carbons (Fsp3) is 0.280. The minimum atomic E-state index is -3.68. The smallest absolute Gasteiger partial charge is 0.243 e. The summed E-state index contributed by atoms with van der Waals surface area (Å²) < 4.78 is 28.4. The van der Waals surface area contributed by atoms with E-state index >= 15 is 0 Å². The van der Waals surface area contributed by atoms with Crippen LogP contribution in [0, 0.1) is 0 Å². The van der Waals surface area contributed by atoms with Crippen molar-refractivity contribution in [2.45, 2.75) is 49.7 Å². The number of benzene rings is 2. The van der Waals surface area contributed by atoms with Gasteiger partial charge >= 0.3 is 0 Å². The molecule has 33 heavy (non-hydrogen) atoms. The van der Waals surface area contributed by atoms with E-state index in [2.05, 4.69) is 22.2 Å². The number of fused-ring (bicyclic) bond motifs is 1. The molecule has 0 bridgehead atoms. The molecule has 0 radical (unpaired) electrons. The number of carbonyl (C=O) groups is 1. The van der Waals surface area contributed by atoms with Crippen LogP contribution in [0.15, 0.2) is 78.3 Å². The van der Waals surface area contributed by atoms with Crippen LogP contribution in [-0.4, -0.2) is 41.7 Å². The summed E-state index contributed by atoms with van der Waals surface area (Å²) in [6, 6.07) is 16.1. The summed E-state index contributed by atoms with van der Waals surface area (Å²) in [6.07, 6.45) is 4.15. The van der Waals surface area contributed by atoms with Crippen LogP contribution in [0.25, 0.3) is 10.8 Å². The summed E-state index contributed by atoms with van der Waals surface area (Å²) in [6.45, 7) is 7.23. The number of nitrogens with one attached hydrogen (secondary N) is 2. The molecule has 8 heteroatoms. The first-order chi connectivity index (χ1) is 15.8. The second-order valence-electron chi connectivity index (χ2n) is 8.48. The van der Waals surface area contributed by atoms with Crippen molar-refractivity contribution in [3.8, 4) is 0 Å². The second-order valence-corrected chi connectivity index (χ2v) is 10.3. The molecule has 0 saturated carbocycles. The molecule has 2 unspecified atom stereocenters. The Morgan fingerprint density at radius 3 is 2.33 bits per heavy atom. The van der Waals surface area contributed by atoms with E-state index in [9.17, 15) is 13.2 Å². The van der Waals surface area contributed by atoms with E-state index in [1.807, 2.05) is 44.2 Å². The minimum absolute atomic E-state index is 0.0759. The Kier molecular flexibility index (Phi) is 6.49. The standard InChI is InChI=1S/C25H28N4O3S/c1-4-25(30)28-22-13-17(2)29(18(3)14-22)33(31,32)23-11-9-21(10-12-23)27-24-15-19-7-5-6-8-20(19)16-26-24/h4-12,15-18,22H,1,13-14H2,2-3H3,(H,26,27)(H,28,30). The predicted octanol–water partition coefficient (Wildman–Crippen LogP) is 4.21. The summed E-state index contributed by atoms with van der Waals surface area (Å²) in [7, 11) is -3.68. The Morgan fingerprint density at radius 1 is 1.06 bits per heavy atom. The minimum Gasteiger partial charge on any atom is -0.350 e. The van der Waals surface area contributed by atoms with Crippen LogP contribution < -0.4 is 10.6 Å². The highest BCUT2D eigenvalue weighted by Gasteiger charge is 2.39. The summed E-state index contributed by atoms with van der Waals surface area (Å²) in [5.74, 6) is 0.454. The van der Waals surface area contributed by atoms with Crippen molar-refractivity contribution >= 4 is 38.2 Å². The van der Waals surface area contributed by atoms with Gasteiger partial charge in [0.1, 0.15) is 5.82 Å². The molecule has 172 valence electrons. The van der Waals surface area contributed by atoms with Gasteiger partial charge in [0.05, 0.1) is 4.90 Å². The molecule has 2 atom stereocenters. The van der Waals surface area contributed by atoms with Gasteiger partial charge in [0.2, 0.25) is 15.9 Å². The Hall–Kier alpha value is -3.23. The lowest BCUT2D eigenvalue weighted by atomic mass is 9.95.